The lowest BCUT2D eigenvalue weighted by atomic mass is 10.00. The first-order valence-electron chi connectivity index (χ1n) is 11.0. The summed E-state index contributed by atoms with van der Waals surface area (Å²) < 4.78 is 8.01. The van der Waals surface area contributed by atoms with E-state index >= 15 is 0 Å². The summed E-state index contributed by atoms with van der Waals surface area (Å²) in [7, 11) is 0. The minimum Gasteiger partial charge on any atom is -0.376 e. The molecule has 1 N–H and O–H groups in total. The summed E-state index contributed by atoms with van der Waals surface area (Å²) >= 11 is 7.65. The molecule has 1 aromatic carbocycles. The molecule has 0 unspecified atom stereocenters. The van der Waals surface area contributed by atoms with E-state index in [0.717, 1.165) is 74.5 Å². The van der Waals surface area contributed by atoms with Crippen molar-refractivity contribution in [3.8, 4) is 0 Å². The second kappa shape index (κ2) is 10.2. The van der Waals surface area contributed by atoms with Gasteiger partial charge >= 0.3 is 0 Å². The fraction of sp³-hybridized carbons (Fsp3) is 0.591. The Morgan fingerprint density at radius 1 is 1.29 bits per heavy atom. The molecule has 1 atom stereocenters. The summed E-state index contributed by atoms with van der Waals surface area (Å²) in [5.74, 6) is 1.77. The smallest absolute Gasteiger partial charge is 0.234 e. The first-order chi connectivity index (χ1) is 15.0. The van der Waals surface area contributed by atoms with Gasteiger partial charge in [0.25, 0.3) is 0 Å². The maximum atomic E-state index is 12.5. The molecule has 2 fully saturated rings. The molecule has 2 aliphatic heterocycles. The van der Waals surface area contributed by atoms with Crippen LogP contribution in [0.15, 0.2) is 23.4 Å². The number of aryl methyl sites for hydroxylation is 1. The molecule has 7 nitrogen and oxygen atoms in total. The minimum atomic E-state index is -0.115. The number of rotatable bonds is 7. The number of amides is 1. The monoisotopic (exact) mass is 463 g/mol. The maximum absolute atomic E-state index is 12.5. The SMILES string of the molecule is Cc1ccc(NC(=O)CSc2nnc(N3CCC(C)CC3)n2C[C@@H]2CCCO2)c(Cl)c1. The molecule has 2 aliphatic rings. The quantitative estimate of drug-likeness (QED) is 0.614. The van der Waals surface area contributed by atoms with Crippen LogP contribution < -0.4 is 10.2 Å². The van der Waals surface area contributed by atoms with Crippen molar-refractivity contribution in [3.05, 3.63) is 28.8 Å². The molecule has 9 heteroatoms. The van der Waals surface area contributed by atoms with Crippen molar-refractivity contribution in [2.75, 3.05) is 35.7 Å². The molecule has 0 bridgehead atoms. The third kappa shape index (κ3) is 5.73. The minimum absolute atomic E-state index is 0.115. The molecule has 0 aliphatic carbocycles. The van der Waals surface area contributed by atoms with E-state index in [1.165, 1.54) is 11.8 Å². The molecule has 1 amide bonds. The van der Waals surface area contributed by atoms with Gasteiger partial charge in [-0.05, 0) is 56.2 Å². The third-order valence-corrected chi connectivity index (χ3v) is 7.18. The van der Waals surface area contributed by atoms with Crippen LogP contribution in [0.1, 0.15) is 38.2 Å². The molecule has 0 spiro atoms. The average molecular weight is 464 g/mol. The van der Waals surface area contributed by atoms with E-state index in [1.54, 1.807) is 0 Å². The predicted molar refractivity (Wildman–Crippen MR) is 125 cm³/mol. The Bertz CT molecular complexity index is 907. The van der Waals surface area contributed by atoms with Crippen LogP contribution >= 0.6 is 23.4 Å². The molecular formula is C22H30ClN5O2S. The number of carbonyl (C=O) groups is 1. The van der Waals surface area contributed by atoms with Crippen molar-refractivity contribution >= 4 is 40.9 Å². The topological polar surface area (TPSA) is 72.3 Å². The van der Waals surface area contributed by atoms with Gasteiger partial charge in [0.1, 0.15) is 0 Å². The van der Waals surface area contributed by atoms with E-state index in [1.807, 2.05) is 25.1 Å². The van der Waals surface area contributed by atoms with Gasteiger partial charge in [0.15, 0.2) is 5.16 Å². The van der Waals surface area contributed by atoms with Gasteiger partial charge in [0.05, 0.1) is 29.1 Å². The van der Waals surface area contributed by atoms with Crippen molar-refractivity contribution in [3.63, 3.8) is 0 Å². The molecule has 1 aromatic heterocycles. The number of thioether (sulfide) groups is 1. The molecule has 2 saturated heterocycles. The summed E-state index contributed by atoms with van der Waals surface area (Å²) in [6.45, 7) is 7.78. The predicted octanol–water partition coefficient (Wildman–Crippen LogP) is 4.39. The molecule has 2 aromatic rings. The summed E-state index contributed by atoms with van der Waals surface area (Å²) in [6.07, 6.45) is 4.64. The van der Waals surface area contributed by atoms with Gasteiger partial charge in [-0.25, -0.2) is 0 Å². The van der Waals surface area contributed by atoms with Crippen LogP contribution in [-0.2, 0) is 16.1 Å². The van der Waals surface area contributed by atoms with Gasteiger partial charge in [-0.2, -0.15) is 0 Å². The lowest BCUT2D eigenvalue weighted by Crippen LogP contribution is -2.35. The van der Waals surface area contributed by atoms with Crippen LogP contribution in [0.5, 0.6) is 0 Å². The number of carbonyl (C=O) groups excluding carboxylic acids is 1. The summed E-state index contributed by atoms with van der Waals surface area (Å²) in [5, 5.41) is 13.1. The highest BCUT2D eigenvalue weighted by atomic mass is 35.5. The van der Waals surface area contributed by atoms with E-state index in [9.17, 15) is 4.79 Å². The Morgan fingerprint density at radius 3 is 2.81 bits per heavy atom. The number of nitrogens with zero attached hydrogens (tertiary/aromatic N) is 4. The Hall–Kier alpha value is -1.77. The van der Waals surface area contributed by atoms with Crippen molar-refractivity contribution in [1.29, 1.82) is 0 Å². The largest absolute Gasteiger partial charge is 0.376 e. The number of aromatic nitrogens is 3. The number of nitrogens with one attached hydrogen (secondary N) is 1. The van der Waals surface area contributed by atoms with Gasteiger partial charge in [0.2, 0.25) is 11.9 Å². The molecule has 168 valence electrons. The first-order valence-corrected chi connectivity index (χ1v) is 12.3. The first kappa shape index (κ1) is 22.4. The number of benzene rings is 1. The normalized spacial score (nSPS) is 19.7. The fourth-order valence-corrected chi connectivity index (χ4v) is 5.05. The molecule has 4 rings (SSSR count). The van der Waals surface area contributed by atoms with E-state index in [0.29, 0.717) is 10.7 Å². The number of anilines is 2. The second-order valence-corrected chi connectivity index (χ2v) is 9.87. The lowest BCUT2D eigenvalue weighted by molar-refractivity contribution is -0.113. The van der Waals surface area contributed by atoms with Gasteiger partial charge < -0.3 is 15.0 Å². The van der Waals surface area contributed by atoms with Crippen LogP contribution in [-0.4, -0.2) is 52.2 Å². The third-order valence-electron chi connectivity index (χ3n) is 5.91. The Balaban J connectivity index is 1.44. The highest BCUT2D eigenvalue weighted by Crippen LogP contribution is 2.28. The Kier molecular flexibility index (Phi) is 7.40. The van der Waals surface area contributed by atoms with Crippen molar-refractivity contribution < 1.29 is 9.53 Å². The lowest BCUT2D eigenvalue weighted by Gasteiger charge is -2.31. The zero-order valence-electron chi connectivity index (χ0n) is 18.1. The molecule has 3 heterocycles. The highest BCUT2D eigenvalue weighted by Gasteiger charge is 2.26. The van der Waals surface area contributed by atoms with Gasteiger partial charge in [0, 0.05) is 19.7 Å². The zero-order chi connectivity index (χ0) is 21.8. The van der Waals surface area contributed by atoms with Crippen molar-refractivity contribution in [2.24, 2.45) is 5.92 Å². The van der Waals surface area contributed by atoms with E-state index in [2.05, 4.69) is 31.9 Å². The van der Waals surface area contributed by atoms with Crippen LogP contribution in [0, 0.1) is 12.8 Å². The maximum Gasteiger partial charge on any atom is 0.234 e. The highest BCUT2D eigenvalue weighted by molar-refractivity contribution is 7.99. The van der Waals surface area contributed by atoms with E-state index in [-0.39, 0.29) is 17.8 Å². The molecule has 0 radical (unpaired) electrons. The van der Waals surface area contributed by atoms with Crippen LogP contribution in [0.4, 0.5) is 11.6 Å². The summed E-state index contributed by atoms with van der Waals surface area (Å²) in [5.41, 5.74) is 1.68. The van der Waals surface area contributed by atoms with Crippen LogP contribution in [0.3, 0.4) is 0 Å². The molecule has 31 heavy (non-hydrogen) atoms. The number of halogens is 1. The molecule has 0 saturated carbocycles. The second-order valence-electron chi connectivity index (χ2n) is 8.52. The van der Waals surface area contributed by atoms with Gasteiger partial charge in [-0.3, -0.25) is 9.36 Å². The van der Waals surface area contributed by atoms with Crippen molar-refractivity contribution in [1.82, 2.24) is 14.8 Å². The summed E-state index contributed by atoms with van der Waals surface area (Å²) in [6, 6.07) is 5.60. The Morgan fingerprint density at radius 2 is 2.10 bits per heavy atom. The number of ether oxygens (including phenoxy) is 1. The van der Waals surface area contributed by atoms with Crippen LogP contribution in [0.25, 0.3) is 0 Å². The van der Waals surface area contributed by atoms with E-state index < -0.39 is 0 Å². The number of piperidine rings is 1. The van der Waals surface area contributed by atoms with Gasteiger partial charge in [-0.1, -0.05) is 36.4 Å². The van der Waals surface area contributed by atoms with Crippen molar-refractivity contribution in [2.45, 2.75) is 57.3 Å². The zero-order valence-corrected chi connectivity index (χ0v) is 19.7. The number of hydrogen-bond acceptors (Lipinski definition) is 6. The standard InChI is InChI=1S/C22H30ClN5O2S/c1-15-7-9-27(10-8-15)21-25-26-22(28(21)13-17-4-3-11-30-17)31-14-20(29)24-19-6-5-16(2)12-18(19)23/h5-6,12,15,17H,3-4,7-11,13-14H2,1-2H3,(H,24,29)/t17-/m0/s1. The molecular weight excluding hydrogens is 434 g/mol. The Labute approximate surface area is 192 Å². The fourth-order valence-electron chi connectivity index (χ4n) is 4.02. The van der Waals surface area contributed by atoms with E-state index in [4.69, 9.17) is 16.3 Å². The van der Waals surface area contributed by atoms with Crippen LogP contribution in [0.2, 0.25) is 5.02 Å². The number of hydrogen-bond donors (Lipinski definition) is 1. The summed E-state index contributed by atoms with van der Waals surface area (Å²) in [4.78, 5) is 14.9. The average Bonchev–Trinajstić information content (AvgIpc) is 3.40. The van der Waals surface area contributed by atoms with Gasteiger partial charge in [-0.15, -0.1) is 10.2 Å².